The molecule has 5 rings (SSSR count). The molecule has 8 heteroatoms. The summed E-state index contributed by atoms with van der Waals surface area (Å²) in [5.41, 5.74) is 2.11. The van der Waals surface area contributed by atoms with Crippen molar-refractivity contribution in [3.8, 4) is 11.4 Å². The molecule has 0 spiro atoms. The first kappa shape index (κ1) is 22.0. The molecule has 0 saturated heterocycles. The van der Waals surface area contributed by atoms with Crippen molar-refractivity contribution in [1.82, 2.24) is 19.7 Å². The van der Waals surface area contributed by atoms with Crippen molar-refractivity contribution in [2.75, 3.05) is 5.32 Å². The number of carbonyl (C=O) groups excluding carboxylic acids is 3. The summed E-state index contributed by atoms with van der Waals surface area (Å²) in [4.78, 5) is 40.4. The summed E-state index contributed by atoms with van der Waals surface area (Å²) in [5, 5.41) is 11.7. The number of hydrogen-bond donors (Lipinski definition) is 1. The molecule has 2 aliphatic heterocycles. The summed E-state index contributed by atoms with van der Waals surface area (Å²) >= 11 is 0. The Kier molecular flexibility index (Phi) is 5.73. The third-order valence-electron chi connectivity index (χ3n) is 6.50. The minimum absolute atomic E-state index is 0.266. The summed E-state index contributed by atoms with van der Waals surface area (Å²) in [6.45, 7) is 4.54. The van der Waals surface area contributed by atoms with Crippen LogP contribution in [0, 0.1) is 5.92 Å². The van der Waals surface area contributed by atoms with Gasteiger partial charge in [-0.1, -0.05) is 44.5 Å². The van der Waals surface area contributed by atoms with E-state index in [-0.39, 0.29) is 5.92 Å². The van der Waals surface area contributed by atoms with Crippen LogP contribution in [-0.2, 0) is 17.8 Å². The van der Waals surface area contributed by atoms with Crippen LogP contribution in [0.5, 0.6) is 0 Å². The largest absolute Gasteiger partial charge is 0.324 e. The fourth-order valence-corrected chi connectivity index (χ4v) is 4.83. The number of fused-ring (bicyclic) bond motifs is 2. The molecule has 0 bridgehead atoms. The fraction of sp³-hybridized carbons (Fsp3) is 0.346. The van der Waals surface area contributed by atoms with Gasteiger partial charge in [-0.3, -0.25) is 19.3 Å². The molecule has 3 amide bonds. The smallest absolute Gasteiger partial charge is 0.262 e. The third kappa shape index (κ3) is 3.79. The van der Waals surface area contributed by atoms with E-state index in [0.717, 1.165) is 47.9 Å². The predicted octanol–water partition coefficient (Wildman–Crippen LogP) is 3.93. The number of aromatic nitrogens is 3. The maximum Gasteiger partial charge on any atom is 0.262 e. The Morgan fingerprint density at radius 2 is 1.68 bits per heavy atom. The van der Waals surface area contributed by atoms with Crippen LogP contribution < -0.4 is 5.32 Å². The van der Waals surface area contributed by atoms with Gasteiger partial charge in [0, 0.05) is 24.2 Å². The van der Waals surface area contributed by atoms with E-state index in [2.05, 4.69) is 20.1 Å². The van der Waals surface area contributed by atoms with Gasteiger partial charge >= 0.3 is 0 Å². The minimum Gasteiger partial charge on any atom is -0.324 e. The lowest BCUT2D eigenvalue weighted by Crippen LogP contribution is -2.50. The van der Waals surface area contributed by atoms with E-state index in [0.29, 0.717) is 16.8 Å². The van der Waals surface area contributed by atoms with Crippen molar-refractivity contribution in [2.24, 2.45) is 5.92 Å². The van der Waals surface area contributed by atoms with Crippen LogP contribution >= 0.6 is 0 Å². The van der Waals surface area contributed by atoms with Gasteiger partial charge in [-0.05, 0) is 43.0 Å². The standard InChI is InChI=1S/C26H27N5O3/c1-16(2)22(31-25(33)19-11-5-6-12-20(19)26(31)34)24(32)27-18-10-8-9-17(15-18)23-29-28-21-13-4-3-7-14-30(21)23/h5-6,8-12,15-16,22H,3-4,7,13-14H2,1-2H3,(H,27,32). The van der Waals surface area contributed by atoms with Gasteiger partial charge in [0.05, 0.1) is 11.1 Å². The average Bonchev–Trinajstić information content (AvgIpc) is 3.23. The second-order valence-electron chi connectivity index (χ2n) is 9.19. The zero-order chi connectivity index (χ0) is 23.8. The van der Waals surface area contributed by atoms with Crippen LogP contribution in [0.25, 0.3) is 11.4 Å². The molecule has 3 aromatic rings. The van der Waals surface area contributed by atoms with E-state index in [4.69, 9.17) is 0 Å². The molecule has 1 N–H and O–H groups in total. The lowest BCUT2D eigenvalue weighted by Gasteiger charge is -2.28. The van der Waals surface area contributed by atoms with Gasteiger partial charge in [0.1, 0.15) is 11.9 Å². The third-order valence-corrected chi connectivity index (χ3v) is 6.50. The highest BCUT2D eigenvalue weighted by molar-refractivity contribution is 6.23. The van der Waals surface area contributed by atoms with E-state index >= 15 is 0 Å². The number of rotatable bonds is 5. The molecule has 174 valence electrons. The Bertz CT molecular complexity index is 1240. The van der Waals surface area contributed by atoms with Crippen LogP contribution in [0.1, 0.15) is 59.7 Å². The van der Waals surface area contributed by atoms with Gasteiger partial charge in [0.15, 0.2) is 5.82 Å². The summed E-state index contributed by atoms with van der Waals surface area (Å²) < 4.78 is 2.16. The molecule has 0 saturated carbocycles. The van der Waals surface area contributed by atoms with Crippen LogP contribution in [0.2, 0.25) is 0 Å². The highest BCUT2D eigenvalue weighted by Crippen LogP contribution is 2.29. The van der Waals surface area contributed by atoms with Crippen molar-refractivity contribution >= 4 is 23.4 Å². The van der Waals surface area contributed by atoms with Gasteiger partial charge in [-0.2, -0.15) is 0 Å². The van der Waals surface area contributed by atoms with Crippen molar-refractivity contribution < 1.29 is 14.4 Å². The van der Waals surface area contributed by atoms with E-state index in [1.54, 1.807) is 30.3 Å². The molecule has 1 unspecified atom stereocenters. The quantitative estimate of drug-likeness (QED) is 0.586. The second-order valence-corrected chi connectivity index (χ2v) is 9.19. The molecule has 8 nitrogen and oxygen atoms in total. The van der Waals surface area contributed by atoms with Gasteiger partial charge in [-0.25, -0.2) is 0 Å². The molecule has 1 aromatic heterocycles. The van der Waals surface area contributed by atoms with Crippen LogP contribution in [0.3, 0.4) is 0 Å². The topological polar surface area (TPSA) is 97.2 Å². The van der Waals surface area contributed by atoms with Gasteiger partial charge < -0.3 is 9.88 Å². The molecule has 2 aliphatic rings. The molecule has 1 atom stereocenters. The lowest BCUT2D eigenvalue weighted by molar-refractivity contribution is -0.121. The number of imide groups is 1. The number of amides is 3. The Hall–Kier alpha value is -3.81. The first-order chi connectivity index (χ1) is 16.5. The van der Waals surface area contributed by atoms with Crippen LogP contribution in [0.15, 0.2) is 48.5 Å². The van der Waals surface area contributed by atoms with Gasteiger partial charge in [0.25, 0.3) is 11.8 Å². The highest BCUT2D eigenvalue weighted by atomic mass is 16.2. The number of hydrogen-bond acceptors (Lipinski definition) is 5. The Labute approximate surface area is 198 Å². The normalized spacial score (nSPS) is 16.3. The van der Waals surface area contributed by atoms with Crippen LogP contribution in [0.4, 0.5) is 5.69 Å². The zero-order valence-electron chi connectivity index (χ0n) is 19.3. The molecular formula is C26H27N5O3. The molecular weight excluding hydrogens is 430 g/mol. The molecule has 0 radical (unpaired) electrons. The first-order valence-corrected chi connectivity index (χ1v) is 11.8. The number of carbonyl (C=O) groups is 3. The molecule has 34 heavy (non-hydrogen) atoms. The maximum atomic E-state index is 13.4. The SMILES string of the molecule is CC(C)C(C(=O)Nc1cccc(-c2nnc3n2CCCCC3)c1)N1C(=O)c2ccccc2C1=O. The Balaban J connectivity index is 1.40. The van der Waals surface area contributed by atoms with Crippen molar-refractivity contribution in [3.63, 3.8) is 0 Å². The van der Waals surface area contributed by atoms with Crippen molar-refractivity contribution in [2.45, 2.75) is 52.1 Å². The van der Waals surface area contributed by atoms with Crippen molar-refractivity contribution in [1.29, 1.82) is 0 Å². The fourth-order valence-electron chi connectivity index (χ4n) is 4.83. The average molecular weight is 458 g/mol. The summed E-state index contributed by atoms with van der Waals surface area (Å²) in [5.74, 6) is 0.240. The first-order valence-electron chi connectivity index (χ1n) is 11.8. The summed E-state index contributed by atoms with van der Waals surface area (Å²) in [7, 11) is 0. The number of aryl methyl sites for hydroxylation is 1. The van der Waals surface area contributed by atoms with Crippen LogP contribution in [-0.4, -0.2) is 43.4 Å². The number of anilines is 1. The number of nitrogens with zero attached hydrogens (tertiary/aromatic N) is 4. The molecule has 0 aliphatic carbocycles. The number of benzene rings is 2. The molecule has 2 aromatic carbocycles. The van der Waals surface area contributed by atoms with Gasteiger partial charge in [0.2, 0.25) is 5.91 Å². The lowest BCUT2D eigenvalue weighted by atomic mass is 10.0. The highest BCUT2D eigenvalue weighted by Gasteiger charge is 2.43. The molecule has 3 heterocycles. The summed E-state index contributed by atoms with van der Waals surface area (Å²) in [6, 6.07) is 13.2. The Morgan fingerprint density at radius 1 is 0.941 bits per heavy atom. The maximum absolute atomic E-state index is 13.4. The second kappa shape index (κ2) is 8.85. The zero-order valence-corrected chi connectivity index (χ0v) is 19.3. The monoisotopic (exact) mass is 457 g/mol. The van der Waals surface area contributed by atoms with E-state index in [1.165, 1.54) is 6.42 Å². The van der Waals surface area contributed by atoms with Gasteiger partial charge in [-0.15, -0.1) is 10.2 Å². The minimum atomic E-state index is -0.930. The summed E-state index contributed by atoms with van der Waals surface area (Å²) in [6.07, 6.45) is 4.29. The van der Waals surface area contributed by atoms with Crippen molar-refractivity contribution in [3.05, 3.63) is 65.5 Å². The van der Waals surface area contributed by atoms with E-state index in [9.17, 15) is 14.4 Å². The number of nitrogens with one attached hydrogen (secondary N) is 1. The predicted molar refractivity (Wildman–Crippen MR) is 127 cm³/mol. The van der Waals surface area contributed by atoms with E-state index < -0.39 is 23.8 Å². The molecule has 0 fully saturated rings. The van der Waals surface area contributed by atoms with E-state index in [1.807, 2.05) is 32.0 Å². The Morgan fingerprint density at radius 3 is 2.38 bits per heavy atom.